The molecule has 0 fully saturated rings. The third-order valence-electron chi connectivity index (χ3n) is 3.77. The lowest BCUT2D eigenvalue weighted by Crippen LogP contribution is -2.17. The van der Waals surface area contributed by atoms with E-state index < -0.39 is 25.8 Å². The van der Waals surface area contributed by atoms with Gasteiger partial charge in [-0.25, -0.2) is 21.6 Å². The molecule has 0 radical (unpaired) electrons. The quantitative estimate of drug-likeness (QED) is 0.643. The summed E-state index contributed by atoms with van der Waals surface area (Å²) in [5, 5.41) is 0. The number of ether oxygens (including phenoxy) is 1. The van der Waals surface area contributed by atoms with Crippen molar-refractivity contribution in [2.45, 2.75) is 23.1 Å². The highest BCUT2D eigenvalue weighted by Crippen LogP contribution is 2.29. The molecule has 0 amide bonds. The SMILES string of the molecule is CCc1ccc(C(=O)OC)cc1S(=O)(=O)Nc1cc(S(C)(=O)=O)ccc1Br. The molecule has 1 N–H and O–H groups in total. The Bertz CT molecular complexity index is 1090. The fourth-order valence-electron chi connectivity index (χ4n) is 2.35. The third kappa shape index (κ3) is 4.88. The number of anilines is 1. The van der Waals surface area contributed by atoms with Crippen molar-refractivity contribution in [1.29, 1.82) is 0 Å². The van der Waals surface area contributed by atoms with Crippen molar-refractivity contribution in [2.75, 3.05) is 18.1 Å². The van der Waals surface area contributed by atoms with Crippen LogP contribution in [0.2, 0.25) is 0 Å². The maximum absolute atomic E-state index is 12.9. The smallest absolute Gasteiger partial charge is 0.337 e. The normalized spacial score (nSPS) is 11.9. The fraction of sp³-hybridized carbons (Fsp3) is 0.235. The Morgan fingerprint density at radius 2 is 1.78 bits per heavy atom. The van der Waals surface area contributed by atoms with Gasteiger partial charge in [-0.2, -0.15) is 0 Å². The summed E-state index contributed by atoms with van der Waals surface area (Å²) in [4.78, 5) is 11.6. The molecular weight excluding hydrogens is 458 g/mol. The second-order valence-corrected chi connectivity index (χ2v) is 10.2. The molecule has 0 bridgehead atoms. The van der Waals surface area contributed by atoms with Gasteiger partial charge in [-0.15, -0.1) is 0 Å². The molecule has 0 aromatic heterocycles. The Balaban J connectivity index is 2.56. The molecule has 10 heteroatoms. The average Bonchev–Trinajstić information content (AvgIpc) is 2.61. The molecule has 2 aromatic rings. The van der Waals surface area contributed by atoms with Crippen LogP contribution in [0.4, 0.5) is 5.69 Å². The lowest BCUT2D eigenvalue weighted by Gasteiger charge is -2.14. The predicted molar refractivity (Wildman–Crippen MR) is 105 cm³/mol. The van der Waals surface area contributed by atoms with Crippen LogP contribution in [0.5, 0.6) is 0 Å². The van der Waals surface area contributed by atoms with E-state index in [0.29, 0.717) is 16.5 Å². The number of methoxy groups -OCH3 is 1. The number of esters is 1. The molecule has 2 rings (SSSR count). The standard InChI is InChI=1S/C17H18BrNO6S2/c1-4-11-5-6-12(17(20)25-2)9-16(11)27(23,24)19-15-10-13(26(3,21)22)7-8-14(15)18/h5-10,19H,4H2,1-3H3. The minimum atomic E-state index is -4.09. The van der Waals surface area contributed by atoms with Crippen LogP contribution >= 0.6 is 15.9 Å². The molecule has 7 nitrogen and oxygen atoms in total. The zero-order chi connectivity index (χ0) is 20.4. The summed E-state index contributed by atoms with van der Waals surface area (Å²) in [6, 6.07) is 8.31. The number of halogens is 1. The lowest BCUT2D eigenvalue weighted by molar-refractivity contribution is 0.0600. The van der Waals surface area contributed by atoms with Gasteiger partial charge in [0, 0.05) is 10.7 Å². The van der Waals surface area contributed by atoms with Gasteiger partial charge in [-0.05, 0) is 58.2 Å². The van der Waals surface area contributed by atoms with Crippen molar-refractivity contribution in [3.05, 3.63) is 52.0 Å². The third-order valence-corrected chi connectivity index (χ3v) is 7.02. The molecule has 0 unspecified atom stereocenters. The molecule has 0 atom stereocenters. The number of carbonyl (C=O) groups is 1. The Kier molecular flexibility index (Phi) is 6.33. The van der Waals surface area contributed by atoms with E-state index in [1.165, 1.54) is 37.4 Å². The topological polar surface area (TPSA) is 107 Å². The highest BCUT2D eigenvalue weighted by Gasteiger charge is 2.22. The molecule has 27 heavy (non-hydrogen) atoms. The van der Waals surface area contributed by atoms with Crippen molar-refractivity contribution >= 4 is 47.4 Å². The molecular formula is C17H18BrNO6S2. The molecule has 0 aliphatic carbocycles. The van der Waals surface area contributed by atoms with Crippen LogP contribution in [0.25, 0.3) is 0 Å². The van der Waals surface area contributed by atoms with E-state index in [9.17, 15) is 21.6 Å². The van der Waals surface area contributed by atoms with Crippen molar-refractivity contribution in [3.63, 3.8) is 0 Å². The summed E-state index contributed by atoms with van der Waals surface area (Å²) in [6.45, 7) is 1.78. The molecule has 0 aliphatic rings. The van der Waals surface area contributed by atoms with Gasteiger partial charge in [-0.3, -0.25) is 4.72 Å². The van der Waals surface area contributed by atoms with Crippen LogP contribution in [0, 0.1) is 0 Å². The van der Waals surface area contributed by atoms with Crippen molar-refractivity contribution in [1.82, 2.24) is 0 Å². The van der Waals surface area contributed by atoms with Crippen LogP contribution in [0.15, 0.2) is 50.7 Å². The van der Waals surface area contributed by atoms with Crippen LogP contribution in [-0.2, 0) is 31.0 Å². The van der Waals surface area contributed by atoms with Gasteiger partial charge in [0.05, 0.1) is 28.2 Å². The van der Waals surface area contributed by atoms with Crippen molar-refractivity contribution < 1.29 is 26.4 Å². The molecule has 0 heterocycles. The largest absolute Gasteiger partial charge is 0.465 e. The Morgan fingerprint density at radius 3 is 2.33 bits per heavy atom. The number of rotatable bonds is 6. The highest BCUT2D eigenvalue weighted by atomic mass is 79.9. The number of sulfone groups is 1. The van der Waals surface area contributed by atoms with E-state index >= 15 is 0 Å². The first-order valence-electron chi connectivity index (χ1n) is 7.73. The first kappa shape index (κ1) is 21.4. The highest BCUT2D eigenvalue weighted by molar-refractivity contribution is 9.10. The minimum Gasteiger partial charge on any atom is -0.465 e. The number of nitrogens with one attached hydrogen (secondary N) is 1. The predicted octanol–water partition coefficient (Wildman–Crippen LogP) is 3.00. The molecule has 2 aromatic carbocycles. The van der Waals surface area contributed by atoms with Crippen molar-refractivity contribution in [2.24, 2.45) is 0 Å². The minimum absolute atomic E-state index is 0.0255. The Hall–Kier alpha value is -1.91. The van der Waals surface area contributed by atoms with Gasteiger partial charge < -0.3 is 4.74 Å². The summed E-state index contributed by atoms with van der Waals surface area (Å²) in [6.07, 6.45) is 1.45. The van der Waals surface area contributed by atoms with E-state index in [1.54, 1.807) is 13.0 Å². The van der Waals surface area contributed by atoms with Gasteiger partial charge >= 0.3 is 5.97 Å². The van der Waals surface area contributed by atoms with Gasteiger partial charge in [0.15, 0.2) is 9.84 Å². The van der Waals surface area contributed by atoms with E-state index in [0.717, 1.165) is 6.26 Å². The first-order chi connectivity index (χ1) is 12.5. The summed E-state index contributed by atoms with van der Waals surface area (Å²) in [7, 11) is -6.40. The second-order valence-electron chi connectivity index (χ2n) is 5.69. The van der Waals surface area contributed by atoms with Crippen LogP contribution in [0.3, 0.4) is 0 Å². The van der Waals surface area contributed by atoms with Crippen LogP contribution in [0.1, 0.15) is 22.8 Å². The fourth-order valence-corrected chi connectivity index (χ4v) is 4.89. The number of hydrogen-bond acceptors (Lipinski definition) is 6. The van der Waals surface area contributed by atoms with E-state index in [-0.39, 0.29) is 21.0 Å². The average molecular weight is 476 g/mol. The number of benzene rings is 2. The number of carbonyl (C=O) groups excluding carboxylic acids is 1. The van der Waals surface area contributed by atoms with Gasteiger partial charge in [0.1, 0.15) is 0 Å². The zero-order valence-corrected chi connectivity index (χ0v) is 18.0. The Morgan fingerprint density at radius 1 is 1.11 bits per heavy atom. The molecule has 0 saturated heterocycles. The molecule has 146 valence electrons. The molecule has 0 aliphatic heterocycles. The van der Waals surface area contributed by atoms with Gasteiger partial charge in [0.25, 0.3) is 10.0 Å². The summed E-state index contributed by atoms with van der Waals surface area (Å²) in [5.74, 6) is -0.658. The molecule has 0 saturated carbocycles. The maximum atomic E-state index is 12.9. The van der Waals surface area contributed by atoms with Crippen molar-refractivity contribution in [3.8, 4) is 0 Å². The summed E-state index contributed by atoms with van der Waals surface area (Å²) < 4.78 is 56.7. The summed E-state index contributed by atoms with van der Waals surface area (Å²) in [5.41, 5.74) is 0.674. The van der Waals surface area contributed by atoms with E-state index in [2.05, 4.69) is 25.4 Å². The number of hydrogen-bond donors (Lipinski definition) is 1. The van der Waals surface area contributed by atoms with E-state index in [4.69, 9.17) is 0 Å². The van der Waals surface area contributed by atoms with Crippen LogP contribution < -0.4 is 4.72 Å². The number of aryl methyl sites for hydroxylation is 1. The maximum Gasteiger partial charge on any atom is 0.337 e. The zero-order valence-electron chi connectivity index (χ0n) is 14.8. The number of sulfonamides is 1. The first-order valence-corrected chi connectivity index (χ1v) is 11.9. The van der Waals surface area contributed by atoms with E-state index in [1.807, 2.05) is 0 Å². The van der Waals surface area contributed by atoms with Gasteiger partial charge in [0.2, 0.25) is 0 Å². The van der Waals surface area contributed by atoms with Gasteiger partial charge in [-0.1, -0.05) is 13.0 Å². The lowest BCUT2D eigenvalue weighted by atomic mass is 10.1. The molecule has 0 spiro atoms. The Labute approximate surface area is 166 Å². The second kappa shape index (κ2) is 7.99. The monoisotopic (exact) mass is 475 g/mol. The van der Waals surface area contributed by atoms with Crippen LogP contribution in [-0.4, -0.2) is 36.2 Å². The summed E-state index contributed by atoms with van der Waals surface area (Å²) >= 11 is 3.21.